The number of benzene rings is 1. The molecule has 1 aliphatic carbocycles. The maximum Gasteiger partial charge on any atom is 0.255 e. The molecule has 20 heavy (non-hydrogen) atoms. The number of carbonyl (C=O) groups is 1. The van der Waals surface area contributed by atoms with Crippen molar-refractivity contribution < 1.29 is 14.6 Å². The number of carbonyl (C=O) groups excluding carboxylic acids is 1. The van der Waals surface area contributed by atoms with Gasteiger partial charge in [0.1, 0.15) is 11.5 Å². The fourth-order valence-electron chi connectivity index (χ4n) is 2.39. The average molecular weight is 275 g/mol. The van der Waals surface area contributed by atoms with Crippen LogP contribution in [0.15, 0.2) is 29.8 Å². The Hall–Kier alpha value is -1.97. The minimum absolute atomic E-state index is 0.0276. The second-order valence-electron chi connectivity index (χ2n) is 5.00. The monoisotopic (exact) mass is 275 g/mol. The molecule has 1 aromatic carbocycles. The van der Waals surface area contributed by atoms with Crippen LogP contribution in [0.25, 0.3) is 0 Å². The molecule has 0 atom stereocenters. The van der Waals surface area contributed by atoms with Crippen LogP contribution in [0.2, 0.25) is 0 Å². The van der Waals surface area contributed by atoms with Crippen LogP contribution in [0, 0.1) is 0 Å². The molecule has 0 spiro atoms. The summed E-state index contributed by atoms with van der Waals surface area (Å²) in [5.74, 6) is 0.265. The van der Waals surface area contributed by atoms with Crippen LogP contribution < -0.4 is 10.1 Å². The molecule has 0 heterocycles. The number of hydrogen-bond acceptors (Lipinski definition) is 3. The van der Waals surface area contributed by atoms with E-state index in [1.54, 1.807) is 12.1 Å². The first kappa shape index (κ1) is 14.4. The Morgan fingerprint density at radius 3 is 2.95 bits per heavy atom. The predicted octanol–water partition coefficient (Wildman–Crippen LogP) is 3.02. The average Bonchev–Trinajstić information content (AvgIpc) is 2.48. The van der Waals surface area contributed by atoms with Gasteiger partial charge >= 0.3 is 0 Å². The number of methoxy groups -OCH3 is 1. The van der Waals surface area contributed by atoms with Crippen LogP contribution in [-0.2, 0) is 0 Å². The fourth-order valence-corrected chi connectivity index (χ4v) is 2.39. The highest BCUT2D eigenvalue weighted by atomic mass is 16.5. The standard InChI is InChI=1S/C16H21NO3/c1-20-13-7-8-15(18)14(11-13)16(19)17-10-9-12-5-3-2-4-6-12/h5,7-8,11,18H,2-4,6,9-10H2,1H3,(H,17,19). The van der Waals surface area contributed by atoms with Crippen molar-refractivity contribution in [3.8, 4) is 11.5 Å². The Morgan fingerprint density at radius 1 is 1.40 bits per heavy atom. The van der Waals surface area contributed by atoms with Gasteiger partial charge in [-0.05, 0) is 50.3 Å². The lowest BCUT2D eigenvalue weighted by molar-refractivity contribution is 0.0951. The predicted molar refractivity (Wildman–Crippen MR) is 78.2 cm³/mol. The van der Waals surface area contributed by atoms with Gasteiger partial charge in [-0.25, -0.2) is 0 Å². The largest absolute Gasteiger partial charge is 0.507 e. The second-order valence-corrected chi connectivity index (χ2v) is 5.00. The Morgan fingerprint density at radius 2 is 2.25 bits per heavy atom. The number of rotatable bonds is 5. The quantitative estimate of drug-likeness (QED) is 0.812. The van der Waals surface area contributed by atoms with Crippen LogP contribution in [0.1, 0.15) is 42.5 Å². The fraction of sp³-hybridized carbons (Fsp3) is 0.438. The Balaban J connectivity index is 1.89. The molecule has 2 N–H and O–H groups in total. The van der Waals surface area contributed by atoms with E-state index in [9.17, 15) is 9.90 Å². The Bertz CT molecular complexity index is 508. The SMILES string of the molecule is COc1ccc(O)c(C(=O)NCCC2=CCCCC2)c1. The van der Waals surface area contributed by atoms with Crippen LogP contribution in [0.4, 0.5) is 0 Å². The van der Waals surface area contributed by atoms with Gasteiger partial charge in [0.15, 0.2) is 0 Å². The van der Waals surface area contributed by atoms with Crippen molar-refractivity contribution >= 4 is 5.91 Å². The molecular weight excluding hydrogens is 254 g/mol. The third-order valence-electron chi connectivity index (χ3n) is 3.57. The zero-order chi connectivity index (χ0) is 14.4. The van der Waals surface area contributed by atoms with Gasteiger partial charge in [0.2, 0.25) is 0 Å². The van der Waals surface area contributed by atoms with E-state index in [1.807, 2.05) is 0 Å². The van der Waals surface area contributed by atoms with Crippen molar-refractivity contribution in [2.24, 2.45) is 0 Å². The first-order valence-electron chi connectivity index (χ1n) is 7.04. The van der Waals surface area contributed by atoms with E-state index in [0.29, 0.717) is 12.3 Å². The van der Waals surface area contributed by atoms with Crippen LogP contribution in [0.3, 0.4) is 0 Å². The summed E-state index contributed by atoms with van der Waals surface area (Å²) < 4.78 is 5.06. The summed E-state index contributed by atoms with van der Waals surface area (Å²) in [4.78, 5) is 12.0. The zero-order valence-electron chi connectivity index (χ0n) is 11.8. The number of ether oxygens (including phenoxy) is 1. The van der Waals surface area contributed by atoms with E-state index < -0.39 is 0 Å². The smallest absolute Gasteiger partial charge is 0.255 e. The van der Waals surface area contributed by atoms with Crippen molar-refractivity contribution in [2.45, 2.75) is 32.1 Å². The van der Waals surface area contributed by atoms with Crippen molar-refractivity contribution in [1.82, 2.24) is 5.32 Å². The molecule has 2 rings (SSSR count). The van der Waals surface area contributed by atoms with Crippen molar-refractivity contribution in [2.75, 3.05) is 13.7 Å². The molecular formula is C16H21NO3. The van der Waals surface area contributed by atoms with E-state index in [-0.39, 0.29) is 17.2 Å². The lowest BCUT2D eigenvalue weighted by atomic mass is 9.97. The van der Waals surface area contributed by atoms with Gasteiger partial charge in [-0.15, -0.1) is 0 Å². The van der Waals surface area contributed by atoms with Gasteiger partial charge in [-0.3, -0.25) is 4.79 Å². The molecule has 0 unspecified atom stereocenters. The molecule has 0 aliphatic heterocycles. The van der Waals surface area contributed by atoms with E-state index >= 15 is 0 Å². The highest BCUT2D eigenvalue weighted by Gasteiger charge is 2.12. The third kappa shape index (κ3) is 3.76. The summed E-state index contributed by atoms with van der Waals surface area (Å²) >= 11 is 0. The second kappa shape index (κ2) is 6.98. The van der Waals surface area contributed by atoms with Crippen LogP contribution >= 0.6 is 0 Å². The highest BCUT2D eigenvalue weighted by molar-refractivity contribution is 5.97. The molecule has 4 heteroatoms. The summed E-state index contributed by atoms with van der Waals surface area (Å²) in [5, 5.41) is 12.6. The molecule has 0 saturated heterocycles. The van der Waals surface area contributed by atoms with Gasteiger partial charge < -0.3 is 15.2 Å². The maximum absolute atomic E-state index is 12.0. The number of hydrogen-bond donors (Lipinski definition) is 2. The number of amides is 1. The number of allylic oxidation sites excluding steroid dienone is 1. The van der Waals surface area contributed by atoms with E-state index in [2.05, 4.69) is 11.4 Å². The molecule has 0 radical (unpaired) electrons. The van der Waals surface area contributed by atoms with Gasteiger partial charge in [-0.2, -0.15) is 0 Å². The Kier molecular flexibility index (Phi) is 5.04. The van der Waals surface area contributed by atoms with Crippen LogP contribution in [-0.4, -0.2) is 24.7 Å². The number of phenolic OH excluding ortho intramolecular Hbond substituents is 1. The molecule has 0 fully saturated rings. The van der Waals surface area contributed by atoms with E-state index in [0.717, 1.165) is 19.3 Å². The lowest BCUT2D eigenvalue weighted by Gasteiger charge is -2.13. The summed E-state index contributed by atoms with van der Waals surface area (Å²) in [7, 11) is 1.53. The normalized spacial score (nSPS) is 14.6. The summed E-state index contributed by atoms with van der Waals surface area (Å²) in [6.45, 7) is 0.599. The molecule has 0 saturated carbocycles. The summed E-state index contributed by atoms with van der Waals surface area (Å²) in [6.07, 6.45) is 7.97. The van der Waals surface area contributed by atoms with E-state index in [1.165, 1.54) is 31.6 Å². The first-order chi connectivity index (χ1) is 9.70. The molecule has 1 amide bonds. The van der Waals surface area contributed by atoms with Crippen LogP contribution in [0.5, 0.6) is 11.5 Å². The Labute approximate surface area is 119 Å². The maximum atomic E-state index is 12.0. The zero-order valence-corrected chi connectivity index (χ0v) is 11.8. The van der Waals surface area contributed by atoms with Gasteiger partial charge in [0.25, 0.3) is 5.91 Å². The molecule has 108 valence electrons. The lowest BCUT2D eigenvalue weighted by Crippen LogP contribution is -2.25. The molecule has 0 aromatic heterocycles. The number of phenols is 1. The van der Waals surface area contributed by atoms with Gasteiger partial charge in [-0.1, -0.05) is 11.6 Å². The minimum Gasteiger partial charge on any atom is -0.507 e. The van der Waals surface area contributed by atoms with Crippen molar-refractivity contribution in [1.29, 1.82) is 0 Å². The van der Waals surface area contributed by atoms with Crippen molar-refractivity contribution in [3.63, 3.8) is 0 Å². The summed E-state index contributed by atoms with van der Waals surface area (Å²) in [6, 6.07) is 4.64. The summed E-state index contributed by atoms with van der Waals surface area (Å²) in [5.41, 5.74) is 1.67. The topological polar surface area (TPSA) is 58.6 Å². The molecule has 1 aliphatic rings. The van der Waals surface area contributed by atoms with Gasteiger partial charge in [0.05, 0.1) is 12.7 Å². The highest BCUT2D eigenvalue weighted by Crippen LogP contribution is 2.23. The molecule has 4 nitrogen and oxygen atoms in total. The van der Waals surface area contributed by atoms with Gasteiger partial charge in [0, 0.05) is 6.54 Å². The van der Waals surface area contributed by atoms with E-state index in [4.69, 9.17) is 4.74 Å². The minimum atomic E-state index is -0.266. The molecule has 0 bridgehead atoms. The third-order valence-corrected chi connectivity index (χ3v) is 3.57. The van der Waals surface area contributed by atoms with Crippen molar-refractivity contribution in [3.05, 3.63) is 35.4 Å². The first-order valence-corrected chi connectivity index (χ1v) is 7.04. The number of aromatic hydroxyl groups is 1. The number of nitrogens with one attached hydrogen (secondary N) is 1. The molecule has 1 aromatic rings.